The average Bonchev–Trinajstić information content (AvgIpc) is 2.83. The number of anilines is 1. The molecule has 0 aromatic heterocycles. The van der Waals surface area contributed by atoms with Crippen molar-refractivity contribution in [2.24, 2.45) is 0 Å². The van der Waals surface area contributed by atoms with Crippen molar-refractivity contribution in [3.05, 3.63) is 69.8 Å². The molecule has 4 rings (SSSR count). The number of hydrogen-bond donors (Lipinski definition) is 1. The van der Waals surface area contributed by atoms with Gasteiger partial charge in [0.2, 0.25) is 0 Å². The predicted molar refractivity (Wildman–Crippen MR) is 104 cm³/mol. The third-order valence-corrected chi connectivity index (χ3v) is 5.68. The lowest BCUT2D eigenvalue weighted by molar-refractivity contribution is -0.534. The molecule has 1 N–H and O–H groups in total. The van der Waals surface area contributed by atoms with Crippen LogP contribution in [0, 0.1) is 10.1 Å². The van der Waals surface area contributed by atoms with Gasteiger partial charge in [0.25, 0.3) is 17.2 Å². The molecule has 2 aromatic carbocycles. The Morgan fingerprint density at radius 3 is 2.60 bits per heavy atom. The summed E-state index contributed by atoms with van der Waals surface area (Å²) in [4.78, 5) is 12.2. The molecule has 1 atom stereocenters. The molecule has 0 saturated heterocycles. The van der Waals surface area contributed by atoms with Crippen LogP contribution < -0.4 is 4.90 Å². The van der Waals surface area contributed by atoms with E-state index in [-0.39, 0.29) is 23.5 Å². The van der Waals surface area contributed by atoms with Crippen molar-refractivity contribution >= 4 is 17.2 Å². The third-order valence-electron chi connectivity index (χ3n) is 5.68. The molecule has 30 heavy (non-hydrogen) atoms. The van der Waals surface area contributed by atoms with E-state index in [1.807, 2.05) is 4.58 Å². The number of alkyl halides is 3. The summed E-state index contributed by atoms with van der Waals surface area (Å²) in [6.07, 6.45) is -1.16. The van der Waals surface area contributed by atoms with E-state index in [0.29, 0.717) is 13.0 Å². The first-order valence-corrected chi connectivity index (χ1v) is 9.76. The quantitative estimate of drug-likeness (QED) is 0.458. The fourth-order valence-corrected chi connectivity index (χ4v) is 4.30. The van der Waals surface area contributed by atoms with Crippen LogP contribution in [0.15, 0.2) is 48.5 Å². The summed E-state index contributed by atoms with van der Waals surface area (Å²) in [7, 11) is 0. The smallest absolute Gasteiger partial charge is 0.346 e. The number of benzene rings is 2. The van der Waals surface area contributed by atoms with Crippen molar-refractivity contribution < 1.29 is 27.8 Å². The monoisotopic (exact) mass is 420 g/mol. The first-order chi connectivity index (χ1) is 14.2. The van der Waals surface area contributed by atoms with Gasteiger partial charge in [0.05, 0.1) is 17.0 Å². The first kappa shape index (κ1) is 20.3. The number of rotatable bonds is 3. The largest absolute Gasteiger partial charge is 0.416 e. The zero-order valence-electron chi connectivity index (χ0n) is 16.1. The number of hydrogen-bond acceptors (Lipinski definition) is 4. The summed E-state index contributed by atoms with van der Waals surface area (Å²) in [5.74, 6) is 0.737. The molecule has 158 valence electrons. The van der Waals surface area contributed by atoms with Gasteiger partial charge in [-0.25, -0.2) is 0 Å². The minimum atomic E-state index is -4.52. The minimum absolute atomic E-state index is 0.125. The second-order valence-electron chi connectivity index (χ2n) is 7.66. The predicted octanol–water partition coefficient (Wildman–Crippen LogP) is 4.26. The Morgan fingerprint density at radius 2 is 1.87 bits per heavy atom. The number of nitrogens with zero attached hydrogens (tertiary/aromatic N) is 3. The Kier molecular flexibility index (Phi) is 5.01. The molecule has 0 fully saturated rings. The molecular formula is C21H21F3N3O3+. The molecule has 0 unspecified atom stereocenters. The first-order valence-electron chi connectivity index (χ1n) is 9.76. The average molecular weight is 420 g/mol. The van der Waals surface area contributed by atoms with Crippen molar-refractivity contribution in [3.63, 3.8) is 0 Å². The topological polar surface area (TPSA) is 69.6 Å². The standard InChI is InChI=1S/C21H21F3N3O3/c22-21(23,24)16-7-5-8-17(13-16)26-19-10-2-1-3-11-25(19)14-20(26,28)15-6-4-9-18(12-15)27(29)30/h4-9,12-13,28H,1-3,10-11,14H2/q+1/t20-/m0/s1. The van der Waals surface area contributed by atoms with Crippen LogP contribution in [-0.4, -0.2) is 33.5 Å². The number of nitro groups is 1. The third kappa shape index (κ3) is 3.54. The molecule has 6 nitrogen and oxygen atoms in total. The van der Waals surface area contributed by atoms with E-state index >= 15 is 0 Å². The molecule has 0 aliphatic carbocycles. The Morgan fingerprint density at radius 1 is 1.10 bits per heavy atom. The lowest BCUT2D eigenvalue weighted by atomic mass is 9.99. The second-order valence-corrected chi connectivity index (χ2v) is 7.66. The van der Waals surface area contributed by atoms with E-state index in [4.69, 9.17) is 0 Å². The molecule has 2 aliphatic rings. The van der Waals surface area contributed by atoms with E-state index in [1.165, 1.54) is 35.2 Å². The zero-order chi connectivity index (χ0) is 21.5. The van der Waals surface area contributed by atoms with E-state index in [1.54, 1.807) is 6.07 Å². The van der Waals surface area contributed by atoms with Gasteiger partial charge in [-0.3, -0.25) is 14.7 Å². The highest BCUT2D eigenvalue weighted by atomic mass is 19.4. The number of halogens is 3. The molecule has 9 heteroatoms. The van der Waals surface area contributed by atoms with Crippen LogP contribution in [0.1, 0.15) is 36.8 Å². The van der Waals surface area contributed by atoms with E-state index in [2.05, 4.69) is 0 Å². The number of amidine groups is 1. The van der Waals surface area contributed by atoms with Gasteiger partial charge in [-0.05, 0) is 37.5 Å². The summed E-state index contributed by atoms with van der Waals surface area (Å²) >= 11 is 0. The maximum atomic E-state index is 13.3. The summed E-state index contributed by atoms with van der Waals surface area (Å²) < 4.78 is 42.0. The number of aliphatic hydroxyl groups is 1. The van der Waals surface area contributed by atoms with E-state index in [9.17, 15) is 28.4 Å². The van der Waals surface area contributed by atoms with Gasteiger partial charge in [-0.2, -0.15) is 18.1 Å². The SMILES string of the molecule is O=[N+]([O-])c1cccc([C@@]2(O)C[N+]3=C(CCCCC3)N2c2cccc(C(F)(F)F)c2)c1. The Labute approximate surface area is 171 Å². The van der Waals surface area contributed by atoms with Gasteiger partial charge < -0.3 is 5.11 Å². The molecule has 0 bridgehead atoms. The van der Waals surface area contributed by atoms with Gasteiger partial charge in [0, 0.05) is 24.1 Å². The van der Waals surface area contributed by atoms with Crippen molar-refractivity contribution in [1.82, 2.24) is 0 Å². The highest BCUT2D eigenvalue weighted by Gasteiger charge is 2.54. The lowest BCUT2D eigenvalue weighted by Crippen LogP contribution is -2.47. The maximum absolute atomic E-state index is 13.3. The van der Waals surface area contributed by atoms with Crippen LogP contribution in [0.4, 0.5) is 24.5 Å². The van der Waals surface area contributed by atoms with Crippen molar-refractivity contribution in [1.29, 1.82) is 0 Å². The zero-order valence-corrected chi connectivity index (χ0v) is 16.1. The Balaban J connectivity index is 1.87. The normalized spacial score (nSPS) is 22.1. The van der Waals surface area contributed by atoms with Crippen LogP contribution in [0.5, 0.6) is 0 Å². The van der Waals surface area contributed by atoms with Gasteiger partial charge in [0.15, 0.2) is 6.54 Å². The van der Waals surface area contributed by atoms with Crippen molar-refractivity contribution in [2.45, 2.75) is 37.6 Å². The fourth-order valence-electron chi connectivity index (χ4n) is 4.30. The molecular weight excluding hydrogens is 399 g/mol. The van der Waals surface area contributed by atoms with Gasteiger partial charge >= 0.3 is 6.18 Å². The van der Waals surface area contributed by atoms with Crippen molar-refractivity contribution in [3.8, 4) is 0 Å². The molecule has 0 saturated carbocycles. The van der Waals surface area contributed by atoms with Crippen LogP contribution in [0.2, 0.25) is 0 Å². The highest BCUT2D eigenvalue weighted by Crippen LogP contribution is 2.40. The fraction of sp³-hybridized carbons (Fsp3) is 0.381. The summed E-state index contributed by atoms with van der Waals surface area (Å²) in [5, 5.41) is 23.0. The minimum Gasteiger partial charge on any atom is -0.346 e. The van der Waals surface area contributed by atoms with E-state index < -0.39 is 22.4 Å². The van der Waals surface area contributed by atoms with Crippen LogP contribution in [0.3, 0.4) is 0 Å². The van der Waals surface area contributed by atoms with Gasteiger partial charge in [-0.1, -0.05) is 18.2 Å². The number of non-ortho nitro benzene ring substituents is 1. The Bertz CT molecular complexity index is 1020. The van der Waals surface area contributed by atoms with E-state index in [0.717, 1.165) is 37.2 Å². The molecule has 0 spiro atoms. The van der Waals surface area contributed by atoms with Crippen LogP contribution in [0.25, 0.3) is 0 Å². The summed E-state index contributed by atoms with van der Waals surface area (Å²) in [5.41, 5.74) is -2.23. The second kappa shape index (κ2) is 7.39. The van der Waals surface area contributed by atoms with Crippen LogP contribution >= 0.6 is 0 Å². The molecule has 0 radical (unpaired) electrons. The van der Waals surface area contributed by atoms with Gasteiger partial charge in [-0.15, -0.1) is 0 Å². The van der Waals surface area contributed by atoms with Crippen LogP contribution in [-0.2, 0) is 11.9 Å². The number of nitro benzene ring substituents is 1. The lowest BCUT2D eigenvalue weighted by Gasteiger charge is -2.29. The van der Waals surface area contributed by atoms with Crippen molar-refractivity contribution in [2.75, 3.05) is 18.0 Å². The van der Waals surface area contributed by atoms with Gasteiger partial charge in [0.1, 0.15) is 5.69 Å². The Hall–Kier alpha value is -2.94. The molecule has 0 amide bonds. The molecule has 2 heterocycles. The maximum Gasteiger partial charge on any atom is 0.416 e. The summed E-state index contributed by atoms with van der Waals surface area (Å²) in [6.45, 7) is 0.793. The summed E-state index contributed by atoms with van der Waals surface area (Å²) in [6, 6.07) is 10.5. The highest BCUT2D eigenvalue weighted by molar-refractivity contribution is 5.97. The molecule has 2 aromatic rings. The molecule has 2 aliphatic heterocycles.